The van der Waals surface area contributed by atoms with Crippen molar-refractivity contribution in [2.75, 3.05) is 11.8 Å². The lowest BCUT2D eigenvalue weighted by Crippen LogP contribution is -2.13. The van der Waals surface area contributed by atoms with Gasteiger partial charge in [-0.3, -0.25) is 4.72 Å². The number of hydrogen-bond acceptors (Lipinski definition) is 3. The molecule has 7 heteroatoms. The summed E-state index contributed by atoms with van der Waals surface area (Å²) in [7, 11) is -1.96. The minimum absolute atomic E-state index is 0.117. The Morgan fingerprint density at radius 3 is 2.75 bits per heavy atom. The first-order valence-corrected chi connectivity index (χ1v) is 7.51. The number of H-pyrrole nitrogens is 1. The summed E-state index contributed by atoms with van der Waals surface area (Å²) in [6.07, 6.45) is 1.41. The first kappa shape index (κ1) is 14.5. The van der Waals surface area contributed by atoms with Gasteiger partial charge in [-0.2, -0.15) is 0 Å². The predicted molar refractivity (Wildman–Crippen MR) is 75.5 cm³/mol. The zero-order chi connectivity index (χ0) is 14.8. The van der Waals surface area contributed by atoms with Crippen LogP contribution in [0.1, 0.15) is 11.3 Å². The SMILES string of the molecule is CNCc1cc(S(=O)(=O)Nc2cc(F)ccc2C)c[nH]1. The molecule has 0 saturated heterocycles. The maximum atomic E-state index is 13.2. The highest BCUT2D eigenvalue weighted by Gasteiger charge is 2.17. The summed E-state index contributed by atoms with van der Waals surface area (Å²) in [5.41, 5.74) is 1.64. The molecule has 0 spiro atoms. The molecule has 2 rings (SSSR count). The summed E-state index contributed by atoms with van der Waals surface area (Å²) >= 11 is 0. The van der Waals surface area contributed by atoms with Crippen LogP contribution in [0.25, 0.3) is 0 Å². The maximum absolute atomic E-state index is 13.2. The van der Waals surface area contributed by atoms with E-state index in [0.29, 0.717) is 12.1 Å². The van der Waals surface area contributed by atoms with Crippen molar-refractivity contribution < 1.29 is 12.8 Å². The molecule has 20 heavy (non-hydrogen) atoms. The van der Waals surface area contributed by atoms with Crippen molar-refractivity contribution in [2.24, 2.45) is 0 Å². The molecule has 0 aliphatic heterocycles. The topological polar surface area (TPSA) is 74.0 Å². The molecule has 0 saturated carbocycles. The van der Waals surface area contributed by atoms with Gasteiger partial charge < -0.3 is 10.3 Å². The van der Waals surface area contributed by atoms with Gasteiger partial charge in [-0.05, 0) is 37.7 Å². The number of nitrogens with one attached hydrogen (secondary N) is 3. The van der Waals surface area contributed by atoms with Gasteiger partial charge in [0.25, 0.3) is 10.0 Å². The average molecular weight is 297 g/mol. The summed E-state index contributed by atoms with van der Waals surface area (Å²) < 4.78 is 40.0. The fourth-order valence-electron chi connectivity index (χ4n) is 1.77. The Morgan fingerprint density at radius 1 is 1.30 bits per heavy atom. The summed E-state index contributed by atoms with van der Waals surface area (Å²) in [6.45, 7) is 2.25. The Labute approximate surface area is 117 Å². The van der Waals surface area contributed by atoms with Crippen LogP contribution in [-0.2, 0) is 16.6 Å². The number of rotatable bonds is 5. The van der Waals surface area contributed by atoms with Crippen LogP contribution in [0.4, 0.5) is 10.1 Å². The Balaban J connectivity index is 2.28. The standard InChI is InChI=1S/C13H16FN3O2S/c1-9-3-4-10(14)5-13(9)17-20(18,19)12-6-11(7-15-2)16-8-12/h3-6,8,15-17H,7H2,1-2H3. The quantitative estimate of drug-likeness (QED) is 0.790. The van der Waals surface area contributed by atoms with E-state index in [1.54, 1.807) is 14.0 Å². The van der Waals surface area contributed by atoms with Gasteiger partial charge in [0.2, 0.25) is 0 Å². The third-order valence-corrected chi connectivity index (χ3v) is 4.18. The molecule has 108 valence electrons. The summed E-state index contributed by atoms with van der Waals surface area (Å²) in [6, 6.07) is 5.51. The lowest BCUT2D eigenvalue weighted by atomic mass is 10.2. The molecule has 0 radical (unpaired) electrons. The normalized spacial score (nSPS) is 11.6. The number of benzene rings is 1. The minimum Gasteiger partial charge on any atom is -0.363 e. The minimum atomic E-state index is -3.73. The van der Waals surface area contributed by atoms with Crippen molar-refractivity contribution in [3.05, 3.63) is 47.5 Å². The molecule has 0 amide bonds. The van der Waals surface area contributed by atoms with Crippen LogP contribution in [0.5, 0.6) is 0 Å². The fourth-order valence-corrected chi connectivity index (χ4v) is 2.91. The van der Waals surface area contributed by atoms with Crippen LogP contribution in [0.15, 0.2) is 35.4 Å². The second-order valence-corrected chi connectivity index (χ2v) is 6.14. The number of anilines is 1. The number of aromatic amines is 1. The highest BCUT2D eigenvalue weighted by Crippen LogP contribution is 2.21. The maximum Gasteiger partial charge on any atom is 0.263 e. The predicted octanol–water partition coefficient (Wildman–Crippen LogP) is 1.98. The van der Waals surface area contributed by atoms with Crippen molar-refractivity contribution in [1.29, 1.82) is 0 Å². The van der Waals surface area contributed by atoms with Crippen LogP contribution in [0.3, 0.4) is 0 Å². The number of aryl methyl sites for hydroxylation is 1. The summed E-state index contributed by atoms with van der Waals surface area (Å²) in [4.78, 5) is 2.99. The van der Waals surface area contributed by atoms with E-state index in [1.807, 2.05) is 0 Å². The highest BCUT2D eigenvalue weighted by molar-refractivity contribution is 7.92. The van der Waals surface area contributed by atoms with E-state index in [0.717, 1.165) is 11.8 Å². The molecular weight excluding hydrogens is 281 g/mol. The van der Waals surface area contributed by atoms with Gasteiger partial charge in [0, 0.05) is 18.4 Å². The Morgan fingerprint density at radius 2 is 2.05 bits per heavy atom. The smallest absolute Gasteiger partial charge is 0.263 e. The van der Waals surface area contributed by atoms with E-state index in [2.05, 4.69) is 15.0 Å². The van der Waals surface area contributed by atoms with Crippen molar-refractivity contribution in [3.63, 3.8) is 0 Å². The highest BCUT2D eigenvalue weighted by atomic mass is 32.2. The molecule has 0 unspecified atom stereocenters. The third kappa shape index (κ3) is 3.17. The number of sulfonamides is 1. The molecule has 0 fully saturated rings. The van der Waals surface area contributed by atoms with E-state index in [9.17, 15) is 12.8 Å². The first-order chi connectivity index (χ1) is 9.42. The monoisotopic (exact) mass is 297 g/mol. The van der Waals surface area contributed by atoms with Gasteiger partial charge in [0.05, 0.1) is 5.69 Å². The van der Waals surface area contributed by atoms with E-state index in [1.165, 1.54) is 24.4 Å². The van der Waals surface area contributed by atoms with Crippen molar-refractivity contribution in [3.8, 4) is 0 Å². The van der Waals surface area contributed by atoms with Gasteiger partial charge in [-0.15, -0.1) is 0 Å². The van der Waals surface area contributed by atoms with Gasteiger partial charge in [0.15, 0.2) is 0 Å². The summed E-state index contributed by atoms with van der Waals surface area (Å²) in [5, 5.41) is 2.92. The van der Waals surface area contributed by atoms with E-state index in [-0.39, 0.29) is 10.6 Å². The average Bonchev–Trinajstić information content (AvgIpc) is 2.83. The molecule has 1 heterocycles. The Kier molecular flexibility index (Phi) is 4.10. The third-order valence-electron chi connectivity index (χ3n) is 2.84. The lowest BCUT2D eigenvalue weighted by molar-refractivity contribution is 0.601. The number of halogens is 1. The van der Waals surface area contributed by atoms with Crippen LogP contribution in [0.2, 0.25) is 0 Å². The van der Waals surface area contributed by atoms with E-state index in [4.69, 9.17) is 0 Å². The fraction of sp³-hybridized carbons (Fsp3) is 0.231. The van der Waals surface area contributed by atoms with Gasteiger partial charge in [0.1, 0.15) is 10.7 Å². The second kappa shape index (κ2) is 5.64. The zero-order valence-electron chi connectivity index (χ0n) is 11.2. The van der Waals surface area contributed by atoms with Crippen molar-refractivity contribution in [2.45, 2.75) is 18.4 Å². The lowest BCUT2D eigenvalue weighted by Gasteiger charge is -2.09. The van der Waals surface area contributed by atoms with Gasteiger partial charge in [-0.25, -0.2) is 12.8 Å². The zero-order valence-corrected chi connectivity index (χ0v) is 12.0. The molecule has 2 aromatic rings. The number of aromatic nitrogens is 1. The molecule has 0 aliphatic rings. The summed E-state index contributed by atoms with van der Waals surface area (Å²) in [5.74, 6) is -0.488. The molecule has 0 aliphatic carbocycles. The Bertz CT molecular complexity index is 710. The molecule has 1 aromatic carbocycles. The molecule has 0 bridgehead atoms. The van der Waals surface area contributed by atoms with Crippen molar-refractivity contribution in [1.82, 2.24) is 10.3 Å². The van der Waals surface area contributed by atoms with Crippen LogP contribution >= 0.6 is 0 Å². The molecule has 5 nitrogen and oxygen atoms in total. The van der Waals surface area contributed by atoms with Crippen LogP contribution in [-0.4, -0.2) is 20.4 Å². The molecular formula is C13H16FN3O2S. The van der Waals surface area contributed by atoms with E-state index < -0.39 is 15.8 Å². The van der Waals surface area contributed by atoms with Crippen LogP contribution in [0, 0.1) is 12.7 Å². The van der Waals surface area contributed by atoms with E-state index >= 15 is 0 Å². The second-order valence-electron chi connectivity index (χ2n) is 4.46. The molecule has 3 N–H and O–H groups in total. The van der Waals surface area contributed by atoms with Crippen LogP contribution < -0.4 is 10.0 Å². The van der Waals surface area contributed by atoms with Crippen molar-refractivity contribution >= 4 is 15.7 Å². The largest absolute Gasteiger partial charge is 0.363 e. The van der Waals surface area contributed by atoms with Gasteiger partial charge >= 0.3 is 0 Å². The molecule has 1 aromatic heterocycles. The molecule has 0 atom stereocenters. The Hall–Kier alpha value is -1.86. The number of hydrogen-bond donors (Lipinski definition) is 3. The van der Waals surface area contributed by atoms with Gasteiger partial charge in [-0.1, -0.05) is 6.07 Å². The first-order valence-electron chi connectivity index (χ1n) is 6.03.